The van der Waals surface area contributed by atoms with Gasteiger partial charge in [0.1, 0.15) is 18.1 Å². The van der Waals surface area contributed by atoms with Crippen LogP contribution in [0.4, 0.5) is 0 Å². The molecule has 1 rings (SSSR count). The summed E-state index contributed by atoms with van der Waals surface area (Å²) in [7, 11) is 0. The predicted molar refractivity (Wildman–Crippen MR) is 75.5 cm³/mol. The third kappa shape index (κ3) is 4.82. The van der Waals surface area contributed by atoms with Gasteiger partial charge in [-0.15, -0.1) is 0 Å². The molecule has 0 aliphatic rings. The molecule has 19 heavy (non-hydrogen) atoms. The minimum Gasteiger partial charge on any atom is -0.475 e. The highest BCUT2D eigenvalue weighted by Crippen LogP contribution is 2.07. The minimum atomic E-state index is -0.0927. The molecular weight excluding hydrogens is 242 g/mol. The van der Waals surface area contributed by atoms with Gasteiger partial charge in [0.25, 0.3) is 0 Å². The number of amidine groups is 1. The molecule has 0 aliphatic heterocycles. The number of ether oxygens (including phenoxy) is 1. The molecule has 0 spiro atoms. The first-order valence-corrected chi connectivity index (χ1v) is 6.46. The maximum Gasteiger partial charge on any atom is 0.232 e. The van der Waals surface area contributed by atoms with Crippen molar-refractivity contribution in [1.29, 1.82) is 5.41 Å². The second-order valence-corrected chi connectivity index (χ2v) is 4.93. The first kappa shape index (κ1) is 15.4. The number of hydrogen-bond donors (Lipinski definition) is 2. The fourth-order valence-corrected chi connectivity index (χ4v) is 1.90. The molecule has 0 fully saturated rings. The van der Waals surface area contributed by atoms with Crippen LogP contribution in [0.3, 0.4) is 0 Å². The summed E-state index contributed by atoms with van der Waals surface area (Å²) in [4.78, 5) is 10.4. The monoisotopic (exact) mass is 265 g/mol. The molecule has 0 bridgehead atoms. The summed E-state index contributed by atoms with van der Waals surface area (Å²) in [5.74, 6) is 0.363. The Balaban J connectivity index is 2.46. The highest BCUT2D eigenvalue weighted by Gasteiger charge is 2.13. The number of nitrogens with two attached hydrogens (primary N) is 1. The van der Waals surface area contributed by atoms with E-state index in [0.29, 0.717) is 30.3 Å². The van der Waals surface area contributed by atoms with Crippen LogP contribution in [-0.4, -0.2) is 45.9 Å². The number of aromatic nitrogens is 2. The van der Waals surface area contributed by atoms with Crippen LogP contribution in [0.1, 0.15) is 33.4 Å². The van der Waals surface area contributed by atoms with Crippen molar-refractivity contribution >= 4 is 5.84 Å². The SMILES string of the molecule is CC(C)N(CCOc1cnc(C(=N)N)cn1)C(C)C. The Hall–Kier alpha value is -1.69. The zero-order valence-electron chi connectivity index (χ0n) is 12.1. The van der Waals surface area contributed by atoms with E-state index in [-0.39, 0.29) is 5.84 Å². The van der Waals surface area contributed by atoms with Crippen LogP contribution < -0.4 is 10.5 Å². The fourth-order valence-electron chi connectivity index (χ4n) is 1.90. The van der Waals surface area contributed by atoms with Gasteiger partial charge in [0, 0.05) is 18.6 Å². The first-order valence-electron chi connectivity index (χ1n) is 6.46. The van der Waals surface area contributed by atoms with E-state index in [4.69, 9.17) is 15.9 Å². The van der Waals surface area contributed by atoms with Crippen molar-refractivity contribution in [3.05, 3.63) is 18.1 Å². The number of hydrogen-bond acceptors (Lipinski definition) is 5. The highest BCUT2D eigenvalue weighted by molar-refractivity contribution is 5.92. The van der Waals surface area contributed by atoms with Crippen molar-refractivity contribution in [2.24, 2.45) is 5.73 Å². The lowest BCUT2D eigenvalue weighted by Crippen LogP contribution is -2.39. The lowest BCUT2D eigenvalue weighted by molar-refractivity contribution is 0.140. The lowest BCUT2D eigenvalue weighted by Gasteiger charge is -2.30. The third-order valence-electron chi connectivity index (χ3n) is 2.83. The van der Waals surface area contributed by atoms with Gasteiger partial charge >= 0.3 is 0 Å². The van der Waals surface area contributed by atoms with E-state index in [2.05, 4.69) is 42.6 Å². The average Bonchev–Trinajstić information content (AvgIpc) is 2.34. The second kappa shape index (κ2) is 7.04. The number of nitrogen functional groups attached to an aromatic ring is 1. The molecule has 0 aliphatic carbocycles. The second-order valence-electron chi connectivity index (χ2n) is 4.93. The summed E-state index contributed by atoms with van der Waals surface area (Å²) < 4.78 is 5.54. The van der Waals surface area contributed by atoms with Crippen molar-refractivity contribution in [2.45, 2.75) is 39.8 Å². The van der Waals surface area contributed by atoms with Crippen molar-refractivity contribution in [1.82, 2.24) is 14.9 Å². The summed E-state index contributed by atoms with van der Waals surface area (Å²) in [6, 6.07) is 0.963. The summed E-state index contributed by atoms with van der Waals surface area (Å²) in [5.41, 5.74) is 5.66. The van der Waals surface area contributed by atoms with E-state index in [1.807, 2.05) is 0 Å². The van der Waals surface area contributed by atoms with Crippen LogP contribution in [0.2, 0.25) is 0 Å². The molecule has 1 aromatic rings. The van der Waals surface area contributed by atoms with E-state index in [1.165, 1.54) is 12.4 Å². The summed E-state index contributed by atoms with van der Waals surface area (Å²) in [6.45, 7) is 10.1. The molecule has 106 valence electrons. The van der Waals surface area contributed by atoms with Gasteiger partial charge in [0.2, 0.25) is 5.88 Å². The Morgan fingerprint density at radius 2 is 1.89 bits per heavy atom. The standard InChI is InChI=1S/C13H23N5O/c1-9(2)18(10(3)4)5-6-19-12-8-16-11(7-17-12)13(14)15/h7-10H,5-6H2,1-4H3,(H3,14,15). The molecule has 1 aromatic heterocycles. The average molecular weight is 265 g/mol. The Kier molecular flexibility index (Phi) is 5.69. The van der Waals surface area contributed by atoms with Crippen LogP contribution in [0.5, 0.6) is 5.88 Å². The van der Waals surface area contributed by atoms with Crippen LogP contribution in [0.15, 0.2) is 12.4 Å². The summed E-state index contributed by atoms with van der Waals surface area (Å²) in [5, 5.41) is 7.22. The first-order chi connectivity index (χ1) is 8.91. The maximum absolute atomic E-state index is 7.22. The van der Waals surface area contributed by atoms with Crippen LogP contribution >= 0.6 is 0 Å². The molecule has 0 radical (unpaired) electrons. The van der Waals surface area contributed by atoms with Crippen molar-refractivity contribution in [3.8, 4) is 5.88 Å². The van der Waals surface area contributed by atoms with Gasteiger partial charge in [-0.1, -0.05) is 0 Å². The van der Waals surface area contributed by atoms with Crippen molar-refractivity contribution in [3.63, 3.8) is 0 Å². The van der Waals surface area contributed by atoms with Gasteiger partial charge < -0.3 is 10.5 Å². The fraction of sp³-hybridized carbons (Fsp3) is 0.615. The molecule has 3 N–H and O–H groups in total. The van der Waals surface area contributed by atoms with Gasteiger partial charge in [-0.05, 0) is 27.7 Å². The van der Waals surface area contributed by atoms with E-state index < -0.39 is 0 Å². The molecule has 6 heteroatoms. The van der Waals surface area contributed by atoms with Gasteiger partial charge in [-0.25, -0.2) is 9.97 Å². The topological polar surface area (TPSA) is 88.1 Å². The van der Waals surface area contributed by atoms with Crippen molar-refractivity contribution in [2.75, 3.05) is 13.2 Å². The number of rotatable bonds is 7. The van der Waals surface area contributed by atoms with Gasteiger partial charge in [0.05, 0.1) is 12.4 Å². The Morgan fingerprint density at radius 1 is 1.26 bits per heavy atom. The molecular formula is C13H23N5O. The lowest BCUT2D eigenvalue weighted by atomic mass is 10.2. The predicted octanol–water partition coefficient (Wildman–Crippen LogP) is 1.26. The molecule has 1 heterocycles. The molecule has 0 aromatic carbocycles. The minimum absolute atomic E-state index is 0.0927. The number of nitrogens with zero attached hydrogens (tertiary/aromatic N) is 3. The third-order valence-corrected chi connectivity index (χ3v) is 2.83. The summed E-state index contributed by atoms with van der Waals surface area (Å²) >= 11 is 0. The van der Waals surface area contributed by atoms with Crippen LogP contribution in [0.25, 0.3) is 0 Å². The molecule has 0 amide bonds. The number of nitrogens with one attached hydrogen (secondary N) is 1. The van der Waals surface area contributed by atoms with Crippen molar-refractivity contribution < 1.29 is 4.74 Å². The van der Waals surface area contributed by atoms with E-state index >= 15 is 0 Å². The van der Waals surface area contributed by atoms with E-state index in [9.17, 15) is 0 Å². The molecule has 0 saturated carbocycles. The van der Waals surface area contributed by atoms with E-state index in [1.54, 1.807) is 0 Å². The van der Waals surface area contributed by atoms with Gasteiger partial charge in [0.15, 0.2) is 0 Å². The maximum atomic E-state index is 7.22. The quantitative estimate of drug-likeness (QED) is 0.572. The van der Waals surface area contributed by atoms with Gasteiger partial charge in [-0.2, -0.15) is 0 Å². The summed E-state index contributed by atoms with van der Waals surface area (Å²) in [6.07, 6.45) is 2.94. The largest absolute Gasteiger partial charge is 0.475 e. The molecule has 0 atom stereocenters. The van der Waals surface area contributed by atoms with Gasteiger partial charge in [-0.3, -0.25) is 10.3 Å². The molecule has 0 saturated heterocycles. The molecule has 0 unspecified atom stereocenters. The Morgan fingerprint density at radius 3 is 2.32 bits per heavy atom. The smallest absolute Gasteiger partial charge is 0.232 e. The zero-order chi connectivity index (χ0) is 14.4. The highest BCUT2D eigenvalue weighted by atomic mass is 16.5. The Labute approximate surface area is 114 Å². The Bertz CT molecular complexity index is 394. The normalized spacial score (nSPS) is 11.3. The zero-order valence-corrected chi connectivity index (χ0v) is 12.1. The van der Waals surface area contributed by atoms with Crippen LogP contribution in [-0.2, 0) is 0 Å². The van der Waals surface area contributed by atoms with E-state index in [0.717, 1.165) is 6.54 Å². The van der Waals surface area contributed by atoms with Crippen LogP contribution in [0, 0.1) is 5.41 Å². The molecule has 6 nitrogen and oxygen atoms in total.